The Morgan fingerprint density at radius 2 is 1.96 bits per heavy atom. The van der Waals surface area contributed by atoms with Crippen LogP contribution >= 0.6 is 0 Å². The Labute approximate surface area is 164 Å². The molecule has 1 aromatic heterocycles. The molecule has 1 heterocycles. The Kier molecular flexibility index (Phi) is 7.64. The number of pyridine rings is 1. The lowest BCUT2D eigenvalue weighted by atomic mass is 9.98. The maximum atomic E-state index is 5.95. The van der Waals surface area contributed by atoms with Crippen molar-refractivity contribution in [3.63, 3.8) is 0 Å². The molecule has 0 N–H and O–H groups in total. The molecule has 0 aliphatic carbocycles. The highest BCUT2D eigenvalue weighted by Crippen LogP contribution is 2.16. The predicted molar refractivity (Wildman–Crippen MR) is 112 cm³/mol. The van der Waals surface area contributed by atoms with E-state index in [1.165, 1.54) is 11.1 Å². The average Bonchev–Trinajstić information content (AvgIpc) is 2.60. The summed E-state index contributed by atoms with van der Waals surface area (Å²) < 4.78 is 5.95. The quantitative estimate of drug-likeness (QED) is 0.648. The largest absolute Gasteiger partial charge is 0.489 e. The summed E-state index contributed by atoms with van der Waals surface area (Å²) >= 11 is 0. The summed E-state index contributed by atoms with van der Waals surface area (Å²) in [6.45, 7) is 10.6. The van der Waals surface area contributed by atoms with Crippen LogP contribution in [0.4, 0.5) is 0 Å². The number of hydrogen-bond acceptors (Lipinski definition) is 3. The molecule has 0 atom stereocenters. The fraction of sp³-hybridized carbons (Fsp3) is 0.375. The van der Waals surface area contributed by atoms with E-state index in [9.17, 15) is 0 Å². The van der Waals surface area contributed by atoms with Gasteiger partial charge in [-0.1, -0.05) is 42.2 Å². The summed E-state index contributed by atoms with van der Waals surface area (Å²) in [4.78, 5) is 6.65. The maximum Gasteiger partial charge on any atom is 0.123 e. The summed E-state index contributed by atoms with van der Waals surface area (Å²) in [5.74, 6) is 7.15. The van der Waals surface area contributed by atoms with Crippen molar-refractivity contribution in [1.29, 1.82) is 0 Å². The van der Waals surface area contributed by atoms with Crippen LogP contribution in [-0.2, 0) is 13.2 Å². The van der Waals surface area contributed by atoms with Crippen LogP contribution in [0.5, 0.6) is 5.75 Å². The van der Waals surface area contributed by atoms with Gasteiger partial charge in [-0.05, 0) is 58.0 Å². The zero-order valence-electron chi connectivity index (χ0n) is 17.1. The van der Waals surface area contributed by atoms with Crippen molar-refractivity contribution in [1.82, 2.24) is 9.88 Å². The van der Waals surface area contributed by atoms with E-state index in [1.807, 2.05) is 30.3 Å². The Balaban J connectivity index is 1.86. The number of nitrogens with zero attached hydrogens (tertiary/aromatic N) is 2. The summed E-state index contributed by atoms with van der Waals surface area (Å²) in [5.41, 5.74) is 3.48. The maximum absolute atomic E-state index is 5.95. The molecular weight excluding hydrogens is 332 g/mol. The molecule has 0 spiro atoms. The van der Waals surface area contributed by atoms with Crippen LogP contribution in [0, 0.1) is 24.2 Å². The minimum absolute atomic E-state index is 0.0406. The molecule has 0 bridgehead atoms. The highest BCUT2D eigenvalue weighted by Gasteiger charge is 2.04. The van der Waals surface area contributed by atoms with E-state index in [2.05, 4.69) is 74.7 Å². The molecular formula is C24H30N2O. The average molecular weight is 363 g/mol. The Morgan fingerprint density at radius 3 is 2.70 bits per heavy atom. The Bertz CT molecular complexity index is 822. The second-order valence-corrected chi connectivity index (χ2v) is 7.82. The van der Waals surface area contributed by atoms with Crippen LogP contribution in [0.15, 0.2) is 54.7 Å². The number of benzene rings is 1. The molecule has 3 heteroatoms. The van der Waals surface area contributed by atoms with Gasteiger partial charge in [0.15, 0.2) is 0 Å². The summed E-state index contributed by atoms with van der Waals surface area (Å²) in [6.07, 6.45) is 5.81. The zero-order chi connectivity index (χ0) is 19.7. The number of allylic oxidation sites excluding steroid dienone is 1. The molecule has 0 radical (unpaired) electrons. The van der Waals surface area contributed by atoms with Gasteiger partial charge in [-0.2, -0.15) is 0 Å². The number of rotatable bonds is 7. The first-order chi connectivity index (χ1) is 12.8. The van der Waals surface area contributed by atoms with Crippen LogP contribution in [0.1, 0.15) is 37.6 Å². The van der Waals surface area contributed by atoms with E-state index in [1.54, 1.807) is 6.20 Å². The van der Waals surface area contributed by atoms with Crippen molar-refractivity contribution >= 4 is 0 Å². The van der Waals surface area contributed by atoms with E-state index < -0.39 is 0 Å². The van der Waals surface area contributed by atoms with Crippen LogP contribution in [0.25, 0.3) is 0 Å². The first-order valence-electron chi connectivity index (χ1n) is 9.32. The highest BCUT2D eigenvalue weighted by molar-refractivity contribution is 5.27. The lowest BCUT2D eigenvalue weighted by Crippen LogP contribution is -2.18. The number of hydrogen-bond donors (Lipinski definition) is 0. The smallest absolute Gasteiger partial charge is 0.123 e. The molecule has 1 aromatic carbocycles. The number of aryl methyl sites for hydroxylation is 1. The molecule has 0 aliphatic heterocycles. The highest BCUT2D eigenvalue weighted by atomic mass is 16.5. The van der Waals surface area contributed by atoms with Gasteiger partial charge in [0, 0.05) is 30.8 Å². The van der Waals surface area contributed by atoms with E-state index in [4.69, 9.17) is 4.74 Å². The van der Waals surface area contributed by atoms with Gasteiger partial charge >= 0.3 is 0 Å². The zero-order valence-corrected chi connectivity index (χ0v) is 17.1. The van der Waals surface area contributed by atoms with Crippen LogP contribution in [0.2, 0.25) is 0 Å². The van der Waals surface area contributed by atoms with Gasteiger partial charge in [-0.25, -0.2) is 0 Å². The van der Waals surface area contributed by atoms with Gasteiger partial charge in [-0.15, -0.1) is 0 Å². The Hall–Kier alpha value is -2.57. The number of ether oxygens (including phenoxy) is 1. The summed E-state index contributed by atoms with van der Waals surface area (Å²) in [6, 6.07) is 12.2. The first kappa shape index (κ1) is 20.7. The molecule has 2 rings (SSSR count). The lowest BCUT2D eigenvalue weighted by molar-refractivity contribution is 0.303. The second kappa shape index (κ2) is 9.94. The van der Waals surface area contributed by atoms with Crippen molar-refractivity contribution < 1.29 is 4.74 Å². The third kappa shape index (κ3) is 8.11. The van der Waals surface area contributed by atoms with Crippen molar-refractivity contribution in [2.45, 2.75) is 40.8 Å². The van der Waals surface area contributed by atoms with Crippen molar-refractivity contribution in [3.8, 4) is 17.6 Å². The van der Waals surface area contributed by atoms with E-state index in [0.29, 0.717) is 6.61 Å². The van der Waals surface area contributed by atoms with Gasteiger partial charge < -0.3 is 4.74 Å². The molecule has 142 valence electrons. The summed E-state index contributed by atoms with van der Waals surface area (Å²) in [5, 5.41) is 0. The fourth-order valence-electron chi connectivity index (χ4n) is 2.46. The van der Waals surface area contributed by atoms with Crippen LogP contribution in [-0.4, -0.2) is 23.5 Å². The fourth-order valence-corrected chi connectivity index (χ4v) is 2.46. The monoisotopic (exact) mass is 362 g/mol. The molecule has 0 amide bonds. The molecule has 0 fully saturated rings. The SMILES string of the molecule is Cc1ccccc1COc1ccnc(CN(C)CC=CC#CC(C)(C)C)c1. The topological polar surface area (TPSA) is 25.4 Å². The third-order valence-corrected chi connectivity index (χ3v) is 3.94. The van der Waals surface area contributed by atoms with Gasteiger partial charge in [0.2, 0.25) is 0 Å². The molecule has 27 heavy (non-hydrogen) atoms. The minimum Gasteiger partial charge on any atom is -0.489 e. The van der Waals surface area contributed by atoms with Gasteiger partial charge in [0.05, 0.1) is 5.69 Å². The van der Waals surface area contributed by atoms with Crippen LogP contribution < -0.4 is 4.74 Å². The van der Waals surface area contributed by atoms with E-state index in [-0.39, 0.29) is 5.41 Å². The van der Waals surface area contributed by atoms with Gasteiger partial charge in [0.1, 0.15) is 12.4 Å². The first-order valence-corrected chi connectivity index (χ1v) is 9.32. The van der Waals surface area contributed by atoms with E-state index in [0.717, 1.165) is 24.5 Å². The Morgan fingerprint density at radius 1 is 1.19 bits per heavy atom. The van der Waals surface area contributed by atoms with Gasteiger partial charge in [0.25, 0.3) is 0 Å². The third-order valence-electron chi connectivity index (χ3n) is 3.94. The normalized spacial score (nSPS) is 11.5. The van der Waals surface area contributed by atoms with Crippen molar-refractivity contribution in [2.75, 3.05) is 13.6 Å². The van der Waals surface area contributed by atoms with Crippen LogP contribution in [0.3, 0.4) is 0 Å². The standard InChI is InChI=1S/C24H30N2O/c1-20-11-7-8-12-21(20)19-27-23-13-15-25-22(17-23)18-26(5)16-10-6-9-14-24(2,3)4/h6-8,10-13,15,17H,16,18-19H2,1-5H3. The molecule has 2 aromatic rings. The summed E-state index contributed by atoms with van der Waals surface area (Å²) in [7, 11) is 2.07. The predicted octanol–water partition coefficient (Wildman–Crippen LogP) is 5.01. The second-order valence-electron chi connectivity index (χ2n) is 7.82. The molecule has 0 aliphatic rings. The van der Waals surface area contributed by atoms with E-state index >= 15 is 0 Å². The minimum atomic E-state index is 0.0406. The molecule has 3 nitrogen and oxygen atoms in total. The lowest BCUT2D eigenvalue weighted by Gasteiger charge is -2.14. The molecule has 0 unspecified atom stereocenters. The van der Waals surface area contributed by atoms with Gasteiger partial charge in [-0.3, -0.25) is 9.88 Å². The van der Waals surface area contributed by atoms with Crippen molar-refractivity contribution in [2.24, 2.45) is 5.41 Å². The van der Waals surface area contributed by atoms with Crippen molar-refractivity contribution in [3.05, 3.63) is 71.6 Å². The molecule has 0 saturated heterocycles. The number of likely N-dealkylation sites (N-methyl/N-ethyl adjacent to an activating group) is 1. The molecule has 0 saturated carbocycles. The number of aromatic nitrogens is 1.